The molecule has 1 aliphatic rings. The molecular weight excluding hydrogens is 191 g/mol. The van der Waals surface area contributed by atoms with Gasteiger partial charge in [0.1, 0.15) is 18.8 Å². The third-order valence-electron chi connectivity index (χ3n) is 2.69. The van der Waals surface area contributed by atoms with Crippen LogP contribution in [0.15, 0.2) is 24.3 Å². The number of rotatable bonds is 1. The molecule has 0 bridgehead atoms. The zero-order chi connectivity index (χ0) is 10.4. The second-order valence-corrected chi connectivity index (χ2v) is 3.89. The summed E-state index contributed by atoms with van der Waals surface area (Å²) in [4.78, 5) is 0. The molecule has 1 nitrogen and oxygen atoms in total. The minimum atomic E-state index is -4.23. The van der Waals surface area contributed by atoms with Crippen molar-refractivity contribution < 1.29 is 13.2 Å². The van der Waals surface area contributed by atoms with Gasteiger partial charge in [-0.3, -0.25) is 4.48 Å². The summed E-state index contributed by atoms with van der Waals surface area (Å²) in [5.41, 5.74) is 0.195. The second kappa shape index (κ2) is 2.73. The van der Waals surface area contributed by atoms with Crippen molar-refractivity contribution in [1.82, 2.24) is 4.48 Å². The van der Waals surface area contributed by atoms with E-state index < -0.39 is 11.7 Å². The van der Waals surface area contributed by atoms with Crippen molar-refractivity contribution >= 4 is 5.69 Å². The highest BCUT2D eigenvalue weighted by molar-refractivity contribution is 5.49. The van der Waals surface area contributed by atoms with Gasteiger partial charge in [-0.1, -0.05) is 6.07 Å². The second-order valence-electron chi connectivity index (χ2n) is 3.89. The van der Waals surface area contributed by atoms with Gasteiger partial charge in [-0.05, 0) is 12.1 Å². The van der Waals surface area contributed by atoms with E-state index >= 15 is 0 Å². The maximum atomic E-state index is 12.4. The van der Waals surface area contributed by atoms with Crippen LogP contribution in [-0.4, -0.2) is 20.1 Å². The third kappa shape index (κ3) is 1.62. The Balaban J connectivity index is 2.37. The molecule has 14 heavy (non-hydrogen) atoms. The van der Waals surface area contributed by atoms with Crippen molar-refractivity contribution in [3.8, 4) is 0 Å². The van der Waals surface area contributed by atoms with E-state index in [9.17, 15) is 13.2 Å². The molecule has 1 aliphatic heterocycles. The molecule has 1 aromatic carbocycles. The molecule has 1 heterocycles. The fraction of sp³-hybridized carbons (Fsp3) is 0.400. The number of hydrogen-bond donors (Lipinski definition) is 0. The Morgan fingerprint density at radius 3 is 2.36 bits per heavy atom. The first-order valence-corrected chi connectivity index (χ1v) is 4.44. The lowest BCUT2D eigenvalue weighted by molar-refractivity contribution is -0.137. The van der Waals surface area contributed by atoms with Gasteiger partial charge in [0.25, 0.3) is 0 Å². The Morgan fingerprint density at radius 1 is 1.21 bits per heavy atom. The van der Waals surface area contributed by atoms with Crippen molar-refractivity contribution in [3.05, 3.63) is 29.8 Å². The van der Waals surface area contributed by atoms with Crippen LogP contribution in [0.4, 0.5) is 18.9 Å². The molecule has 0 amide bonds. The van der Waals surface area contributed by atoms with Gasteiger partial charge in [-0.2, -0.15) is 13.2 Å². The van der Waals surface area contributed by atoms with Crippen molar-refractivity contribution in [2.75, 3.05) is 20.1 Å². The summed E-state index contributed by atoms with van der Waals surface area (Å²) in [5.74, 6) is 0. The van der Waals surface area contributed by atoms with Gasteiger partial charge in [0.05, 0.1) is 12.6 Å². The van der Waals surface area contributed by atoms with E-state index in [1.807, 2.05) is 7.05 Å². The largest absolute Gasteiger partial charge is 0.416 e. The average molecular weight is 202 g/mol. The van der Waals surface area contributed by atoms with Gasteiger partial charge in [0.15, 0.2) is 0 Å². The molecule has 0 saturated carbocycles. The number of halogens is 3. The summed E-state index contributed by atoms with van der Waals surface area (Å²) >= 11 is 0. The van der Waals surface area contributed by atoms with Gasteiger partial charge < -0.3 is 0 Å². The highest BCUT2D eigenvalue weighted by atomic mass is 19.4. The molecule has 0 spiro atoms. The molecule has 1 fully saturated rings. The predicted octanol–water partition coefficient (Wildman–Crippen LogP) is 2.66. The van der Waals surface area contributed by atoms with E-state index in [0.29, 0.717) is 4.48 Å². The number of alkyl halides is 3. The van der Waals surface area contributed by atoms with Crippen LogP contribution in [0.2, 0.25) is 0 Å². The number of benzene rings is 1. The third-order valence-corrected chi connectivity index (χ3v) is 2.69. The van der Waals surface area contributed by atoms with E-state index in [4.69, 9.17) is 0 Å². The quantitative estimate of drug-likeness (QED) is 0.485. The van der Waals surface area contributed by atoms with Crippen LogP contribution < -0.4 is 4.48 Å². The summed E-state index contributed by atoms with van der Waals surface area (Å²) in [6, 6.07) is 5.58. The van der Waals surface area contributed by atoms with Gasteiger partial charge in [-0.25, -0.2) is 0 Å². The molecule has 1 aromatic rings. The zero-order valence-corrected chi connectivity index (χ0v) is 7.80. The first kappa shape index (κ1) is 9.52. The molecule has 0 radical (unpaired) electrons. The summed E-state index contributed by atoms with van der Waals surface area (Å²) in [5, 5.41) is 0. The SMILES string of the molecule is C[N+]1(c2cccc(C(F)(F)F)c2)CC1. The number of hydrogen-bond acceptors (Lipinski definition) is 0. The molecule has 0 atom stereocenters. The van der Waals surface area contributed by atoms with E-state index in [2.05, 4.69) is 0 Å². The van der Waals surface area contributed by atoms with Crippen LogP contribution in [-0.2, 0) is 6.18 Å². The molecule has 76 valence electrons. The smallest absolute Gasteiger partial charge is 0.284 e. The lowest BCUT2D eigenvalue weighted by atomic mass is 10.2. The fourth-order valence-corrected chi connectivity index (χ4v) is 1.43. The molecule has 0 aromatic heterocycles. The molecule has 2 rings (SSSR count). The van der Waals surface area contributed by atoms with Gasteiger partial charge in [0, 0.05) is 6.07 Å². The summed E-state index contributed by atoms with van der Waals surface area (Å²) in [6.07, 6.45) is -4.23. The lowest BCUT2D eigenvalue weighted by Crippen LogP contribution is -2.19. The van der Waals surface area contributed by atoms with Crippen molar-refractivity contribution in [1.29, 1.82) is 0 Å². The summed E-state index contributed by atoms with van der Waals surface area (Å²) in [6.45, 7) is 1.86. The van der Waals surface area contributed by atoms with Gasteiger partial charge in [0.2, 0.25) is 0 Å². The highest BCUT2D eigenvalue weighted by Crippen LogP contribution is 2.35. The molecule has 1 saturated heterocycles. The average Bonchev–Trinajstić information content (AvgIpc) is 2.84. The van der Waals surface area contributed by atoms with Crippen LogP contribution in [0.25, 0.3) is 0 Å². The molecular formula is C10H11F3N+. The number of quaternary nitrogens is 1. The van der Waals surface area contributed by atoms with Crippen LogP contribution in [0.5, 0.6) is 0 Å². The Bertz CT molecular complexity index is 332. The number of nitrogens with zero attached hydrogens (tertiary/aromatic N) is 1. The maximum Gasteiger partial charge on any atom is 0.416 e. The summed E-state index contributed by atoms with van der Waals surface area (Å²) in [7, 11) is 1.94. The van der Waals surface area contributed by atoms with E-state index in [-0.39, 0.29) is 0 Å². The van der Waals surface area contributed by atoms with E-state index in [1.54, 1.807) is 6.07 Å². The Morgan fingerprint density at radius 2 is 1.86 bits per heavy atom. The zero-order valence-electron chi connectivity index (χ0n) is 7.80. The maximum absolute atomic E-state index is 12.4. The highest BCUT2D eigenvalue weighted by Gasteiger charge is 2.41. The Kier molecular flexibility index (Phi) is 1.86. The van der Waals surface area contributed by atoms with Crippen LogP contribution in [0.3, 0.4) is 0 Å². The van der Waals surface area contributed by atoms with E-state index in [1.165, 1.54) is 12.1 Å². The first-order chi connectivity index (χ1) is 6.42. The normalized spacial score (nSPS) is 19.4. The monoisotopic (exact) mass is 202 g/mol. The number of likely N-dealkylation sites (N-methyl/N-ethyl adjacent to an activating group) is 1. The van der Waals surface area contributed by atoms with Gasteiger partial charge >= 0.3 is 6.18 Å². The lowest BCUT2D eigenvalue weighted by Gasteiger charge is -2.13. The predicted molar refractivity (Wildman–Crippen MR) is 48.9 cm³/mol. The minimum Gasteiger partial charge on any atom is -0.284 e. The standard InChI is InChI=1S/C10H11F3N/c1-14(5-6-14)9-4-2-3-8(7-9)10(11,12)13/h2-4,7H,5-6H2,1H3/q+1. The van der Waals surface area contributed by atoms with Crippen LogP contribution in [0, 0.1) is 0 Å². The topological polar surface area (TPSA) is 0 Å². The fourth-order valence-electron chi connectivity index (χ4n) is 1.43. The molecule has 4 heteroatoms. The van der Waals surface area contributed by atoms with Gasteiger partial charge in [-0.15, -0.1) is 0 Å². The Hall–Kier alpha value is -1.03. The van der Waals surface area contributed by atoms with Crippen LogP contribution in [0.1, 0.15) is 5.56 Å². The molecule has 0 aliphatic carbocycles. The first-order valence-electron chi connectivity index (χ1n) is 4.44. The van der Waals surface area contributed by atoms with Crippen molar-refractivity contribution in [2.45, 2.75) is 6.18 Å². The minimum absolute atomic E-state index is 0.554. The summed E-state index contributed by atoms with van der Waals surface area (Å²) < 4.78 is 37.7. The van der Waals surface area contributed by atoms with Crippen molar-refractivity contribution in [2.24, 2.45) is 0 Å². The van der Waals surface area contributed by atoms with Crippen LogP contribution >= 0.6 is 0 Å². The van der Waals surface area contributed by atoms with Crippen molar-refractivity contribution in [3.63, 3.8) is 0 Å². The van der Waals surface area contributed by atoms with E-state index in [0.717, 1.165) is 24.8 Å². The Labute approximate surface area is 80.4 Å². The molecule has 0 N–H and O–H groups in total. The molecule has 0 unspecified atom stereocenters.